The van der Waals surface area contributed by atoms with Crippen LogP contribution < -0.4 is 5.32 Å². The normalized spacial score (nSPS) is 16.7. The van der Waals surface area contributed by atoms with Crippen molar-refractivity contribution in [1.29, 1.82) is 0 Å². The van der Waals surface area contributed by atoms with Gasteiger partial charge in [0.05, 0.1) is 11.7 Å². The molecule has 0 bridgehead atoms. The molecule has 1 atom stereocenters. The van der Waals surface area contributed by atoms with Crippen molar-refractivity contribution in [3.63, 3.8) is 0 Å². The molecule has 2 aromatic heterocycles. The molecular formula is C19H25N5O2. The Morgan fingerprint density at radius 1 is 1.31 bits per heavy atom. The Balaban J connectivity index is 1.61. The first-order valence-electron chi connectivity index (χ1n) is 9.02. The molecule has 3 rings (SSSR count). The van der Waals surface area contributed by atoms with Crippen molar-refractivity contribution in [2.45, 2.75) is 52.2 Å². The van der Waals surface area contributed by atoms with Crippen molar-refractivity contribution in [2.24, 2.45) is 0 Å². The molecule has 2 amide bonds. The van der Waals surface area contributed by atoms with Gasteiger partial charge < -0.3 is 10.2 Å². The van der Waals surface area contributed by atoms with Crippen LogP contribution in [0.2, 0.25) is 0 Å². The fourth-order valence-electron chi connectivity index (χ4n) is 3.31. The van der Waals surface area contributed by atoms with Crippen LogP contribution in [0.5, 0.6) is 0 Å². The summed E-state index contributed by atoms with van der Waals surface area (Å²) >= 11 is 0. The lowest BCUT2D eigenvalue weighted by molar-refractivity contribution is -0.132. The summed E-state index contributed by atoms with van der Waals surface area (Å²) in [5.74, 6) is 0.0839. The Bertz CT molecular complexity index is 768. The Morgan fingerprint density at radius 2 is 2.15 bits per heavy atom. The largest absolute Gasteiger partial charge is 0.352 e. The van der Waals surface area contributed by atoms with E-state index in [0.29, 0.717) is 19.5 Å². The molecule has 7 heteroatoms. The zero-order valence-electron chi connectivity index (χ0n) is 15.3. The van der Waals surface area contributed by atoms with Gasteiger partial charge in [-0.15, -0.1) is 0 Å². The zero-order chi connectivity index (χ0) is 18.5. The van der Waals surface area contributed by atoms with Gasteiger partial charge in [-0.25, -0.2) is 0 Å². The number of nitrogens with one attached hydrogen (secondary N) is 1. The van der Waals surface area contributed by atoms with Gasteiger partial charge in [-0.2, -0.15) is 5.10 Å². The van der Waals surface area contributed by atoms with E-state index in [2.05, 4.69) is 15.4 Å². The lowest BCUT2D eigenvalue weighted by atomic mass is 10.1. The van der Waals surface area contributed by atoms with Crippen LogP contribution >= 0.6 is 0 Å². The average molecular weight is 355 g/mol. The Morgan fingerprint density at radius 3 is 2.81 bits per heavy atom. The molecule has 0 spiro atoms. The third-order valence-electron chi connectivity index (χ3n) is 4.77. The van der Waals surface area contributed by atoms with Gasteiger partial charge in [-0.05, 0) is 37.5 Å². The molecule has 0 aliphatic carbocycles. The highest BCUT2D eigenvalue weighted by Gasteiger charge is 2.30. The fraction of sp³-hybridized carbons (Fsp3) is 0.474. The number of likely N-dealkylation sites (tertiary alicyclic amines) is 1. The molecule has 0 radical (unpaired) electrons. The summed E-state index contributed by atoms with van der Waals surface area (Å²) in [6, 6.07) is 5.91. The van der Waals surface area contributed by atoms with Gasteiger partial charge >= 0.3 is 0 Å². The van der Waals surface area contributed by atoms with Crippen LogP contribution in [0, 0.1) is 6.92 Å². The zero-order valence-corrected chi connectivity index (χ0v) is 15.3. The third-order valence-corrected chi connectivity index (χ3v) is 4.77. The minimum absolute atomic E-state index is 0.0380. The van der Waals surface area contributed by atoms with E-state index in [1.165, 1.54) is 6.92 Å². The lowest BCUT2D eigenvalue weighted by Gasteiger charge is -2.24. The maximum Gasteiger partial charge on any atom is 0.224 e. The highest BCUT2D eigenvalue weighted by atomic mass is 16.2. The Labute approximate surface area is 153 Å². The third kappa shape index (κ3) is 4.28. The van der Waals surface area contributed by atoms with Crippen LogP contribution in [-0.4, -0.2) is 38.0 Å². The molecule has 0 aromatic carbocycles. The second kappa shape index (κ2) is 8.12. The number of nitrogens with zero attached hydrogens (tertiary/aromatic N) is 4. The topological polar surface area (TPSA) is 80.1 Å². The summed E-state index contributed by atoms with van der Waals surface area (Å²) < 4.78 is 1.86. The number of carbonyl (C=O) groups is 2. The van der Waals surface area contributed by atoms with Crippen LogP contribution in [0.1, 0.15) is 49.2 Å². The minimum atomic E-state index is -0.0611. The first kappa shape index (κ1) is 18.1. The van der Waals surface area contributed by atoms with Gasteiger partial charge in [0, 0.05) is 51.1 Å². The molecule has 2 aromatic rings. The van der Waals surface area contributed by atoms with Gasteiger partial charge in [0.2, 0.25) is 11.8 Å². The average Bonchev–Trinajstić information content (AvgIpc) is 3.27. The smallest absolute Gasteiger partial charge is 0.224 e. The second-order valence-electron chi connectivity index (χ2n) is 6.69. The Kier molecular flexibility index (Phi) is 5.65. The van der Waals surface area contributed by atoms with E-state index >= 15 is 0 Å². The van der Waals surface area contributed by atoms with E-state index in [1.54, 1.807) is 12.4 Å². The number of hydrogen-bond acceptors (Lipinski definition) is 4. The van der Waals surface area contributed by atoms with Crippen LogP contribution in [-0.2, 0) is 22.7 Å². The van der Waals surface area contributed by atoms with Crippen LogP contribution in [0.25, 0.3) is 0 Å². The lowest BCUT2D eigenvalue weighted by Crippen LogP contribution is -2.31. The molecule has 0 unspecified atom stereocenters. The molecule has 138 valence electrons. The monoisotopic (exact) mass is 355 g/mol. The summed E-state index contributed by atoms with van der Waals surface area (Å²) in [5, 5.41) is 7.00. The summed E-state index contributed by atoms with van der Waals surface area (Å²) in [7, 11) is 0. The standard InChI is InChI=1S/C19H25N5O2/c1-14-7-9-22-24(14)11-8-19(26)23-10-3-4-18(23)17-6-5-16(13-21-17)12-20-15(2)25/h5-7,9,13,18H,3-4,8,10-12H2,1-2H3,(H,20,25)/t18-/m1/s1. The molecule has 1 aliphatic rings. The van der Waals surface area contributed by atoms with E-state index < -0.39 is 0 Å². The summed E-state index contributed by atoms with van der Waals surface area (Å²) in [5.41, 5.74) is 2.93. The maximum atomic E-state index is 12.7. The summed E-state index contributed by atoms with van der Waals surface area (Å²) in [4.78, 5) is 30.2. The minimum Gasteiger partial charge on any atom is -0.352 e. The quantitative estimate of drug-likeness (QED) is 0.859. The number of rotatable bonds is 6. The second-order valence-corrected chi connectivity index (χ2v) is 6.69. The van der Waals surface area contributed by atoms with Crippen molar-refractivity contribution in [2.75, 3.05) is 6.54 Å². The van der Waals surface area contributed by atoms with Gasteiger partial charge in [0.1, 0.15) is 0 Å². The predicted molar refractivity (Wildman–Crippen MR) is 97.0 cm³/mol. The van der Waals surface area contributed by atoms with E-state index in [1.807, 2.05) is 34.7 Å². The van der Waals surface area contributed by atoms with E-state index in [4.69, 9.17) is 0 Å². The summed E-state index contributed by atoms with van der Waals surface area (Å²) in [6.45, 7) is 5.33. The maximum absolute atomic E-state index is 12.7. The van der Waals surface area contributed by atoms with Crippen LogP contribution in [0.4, 0.5) is 0 Å². The highest BCUT2D eigenvalue weighted by molar-refractivity contribution is 5.77. The molecule has 1 saturated heterocycles. The molecular weight excluding hydrogens is 330 g/mol. The number of carbonyl (C=O) groups excluding carboxylic acids is 2. The fourth-order valence-corrected chi connectivity index (χ4v) is 3.31. The highest BCUT2D eigenvalue weighted by Crippen LogP contribution is 2.31. The first-order chi connectivity index (χ1) is 12.5. The van der Waals surface area contributed by atoms with E-state index in [-0.39, 0.29) is 17.9 Å². The van der Waals surface area contributed by atoms with Crippen LogP contribution in [0.15, 0.2) is 30.6 Å². The first-order valence-corrected chi connectivity index (χ1v) is 9.02. The van der Waals surface area contributed by atoms with Crippen molar-refractivity contribution >= 4 is 11.8 Å². The number of aryl methyl sites for hydroxylation is 2. The van der Waals surface area contributed by atoms with Crippen molar-refractivity contribution in [3.8, 4) is 0 Å². The molecule has 1 aliphatic heterocycles. The molecule has 1 fully saturated rings. The molecule has 7 nitrogen and oxygen atoms in total. The van der Waals surface area contributed by atoms with Crippen LogP contribution in [0.3, 0.4) is 0 Å². The van der Waals surface area contributed by atoms with Gasteiger partial charge in [0.15, 0.2) is 0 Å². The molecule has 26 heavy (non-hydrogen) atoms. The molecule has 1 N–H and O–H groups in total. The number of aromatic nitrogens is 3. The van der Waals surface area contributed by atoms with Crippen molar-refractivity contribution < 1.29 is 9.59 Å². The summed E-state index contributed by atoms with van der Waals surface area (Å²) in [6.07, 6.45) is 5.90. The van der Waals surface area contributed by atoms with Crippen molar-refractivity contribution in [3.05, 3.63) is 47.5 Å². The van der Waals surface area contributed by atoms with E-state index in [0.717, 1.165) is 36.3 Å². The SMILES string of the molecule is CC(=O)NCc1ccc([C@H]2CCCN2C(=O)CCn2nccc2C)nc1. The molecule has 0 saturated carbocycles. The van der Waals surface area contributed by atoms with E-state index in [9.17, 15) is 9.59 Å². The van der Waals surface area contributed by atoms with Gasteiger partial charge in [-0.1, -0.05) is 6.07 Å². The number of hydrogen-bond donors (Lipinski definition) is 1. The van der Waals surface area contributed by atoms with Gasteiger partial charge in [-0.3, -0.25) is 19.3 Å². The molecule has 3 heterocycles. The van der Waals surface area contributed by atoms with Crippen molar-refractivity contribution in [1.82, 2.24) is 25.0 Å². The number of pyridine rings is 1. The Hall–Kier alpha value is -2.70. The van der Waals surface area contributed by atoms with Gasteiger partial charge in [0.25, 0.3) is 0 Å². The predicted octanol–water partition coefficient (Wildman–Crippen LogP) is 1.98. The number of amides is 2.